The molecule has 0 saturated carbocycles. The van der Waals surface area contributed by atoms with Crippen molar-refractivity contribution >= 4 is 0 Å². The van der Waals surface area contributed by atoms with Gasteiger partial charge in [-0.1, -0.05) is 110 Å². The number of rotatable bonds is 17. The standard InChI is InChI=1S/C23H42/c1-3-5-7-9-11-13-15-17-19-21-23-22-20-18-16-14-12-10-8-6-4-2/h1-11,13,15-23H2. The van der Waals surface area contributed by atoms with Gasteiger partial charge in [-0.25, -0.2) is 0 Å². The summed E-state index contributed by atoms with van der Waals surface area (Å²) in [4.78, 5) is 0. The molecule has 0 unspecified atom stereocenters. The molecule has 0 N–H and O–H groups in total. The molecule has 0 aliphatic rings. The lowest BCUT2D eigenvalue weighted by molar-refractivity contribution is 0.538. The molecule has 134 valence electrons. The van der Waals surface area contributed by atoms with E-state index in [-0.39, 0.29) is 0 Å². The predicted octanol–water partition coefficient (Wildman–Crippen LogP) is 8.07. The van der Waals surface area contributed by atoms with E-state index < -0.39 is 0 Å². The zero-order valence-corrected chi connectivity index (χ0v) is 15.8. The highest BCUT2D eigenvalue weighted by Crippen LogP contribution is 2.13. The van der Waals surface area contributed by atoms with Gasteiger partial charge in [0.15, 0.2) is 0 Å². The average Bonchev–Trinajstić information content (AvgIpc) is 2.57. The van der Waals surface area contributed by atoms with Gasteiger partial charge in [0, 0.05) is 12.8 Å². The second-order valence-electron chi connectivity index (χ2n) is 6.86. The fourth-order valence-corrected chi connectivity index (χ4v) is 2.90. The van der Waals surface area contributed by atoms with Crippen LogP contribution in [0.1, 0.15) is 122 Å². The van der Waals surface area contributed by atoms with Crippen LogP contribution in [0.2, 0.25) is 0 Å². The summed E-state index contributed by atoms with van der Waals surface area (Å²) in [5, 5.41) is 0. The van der Waals surface area contributed by atoms with Crippen LogP contribution in [0.4, 0.5) is 0 Å². The Kier molecular flexibility index (Phi) is 21.1. The normalized spacial score (nSPS) is 10.5. The lowest BCUT2D eigenvalue weighted by Crippen LogP contribution is -1.83. The summed E-state index contributed by atoms with van der Waals surface area (Å²) in [6, 6.07) is 0. The molecule has 0 heterocycles. The largest absolute Gasteiger partial charge is 0.103 e. The third-order valence-electron chi connectivity index (χ3n) is 4.48. The Morgan fingerprint density at radius 3 is 1.00 bits per heavy atom. The van der Waals surface area contributed by atoms with E-state index in [1.165, 1.54) is 96.3 Å². The Morgan fingerprint density at radius 2 is 0.609 bits per heavy atom. The van der Waals surface area contributed by atoms with Gasteiger partial charge in [-0.3, -0.25) is 0 Å². The summed E-state index contributed by atoms with van der Waals surface area (Å²) >= 11 is 0. The minimum Gasteiger partial charge on any atom is -0.103 e. The third kappa shape index (κ3) is 21.6. The molecule has 0 aliphatic carbocycles. The molecule has 0 atom stereocenters. The monoisotopic (exact) mass is 318 g/mol. The van der Waals surface area contributed by atoms with E-state index in [9.17, 15) is 0 Å². The van der Waals surface area contributed by atoms with Crippen molar-refractivity contribution in [3.8, 4) is 11.8 Å². The van der Waals surface area contributed by atoms with E-state index in [4.69, 9.17) is 0 Å². The topological polar surface area (TPSA) is 0 Å². The maximum Gasteiger partial charge on any atom is 0.00886 e. The van der Waals surface area contributed by atoms with E-state index in [0.717, 1.165) is 25.7 Å². The molecule has 0 aromatic heterocycles. The number of hydrogen-bond acceptors (Lipinski definition) is 0. The highest BCUT2D eigenvalue weighted by molar-refractivity contribution is 4.98. The van der Waals surface area contributed by atoms with Crippen molar-refractivity contribution < 1.29 is 0 Å². The van der Waals surface area contributed by atoms with Crippen molar-refractivity contribution in [3.63, 3.8) is 0 Å². The van der Waals surface area contributed by atoms with Crippen molar-refractivity contribution in [2.45, 2.75) is 122 Å². The van der Waals surface area contributed by atoms with E-state index in [1.807, 2.05) is 0 Å². The molecule has 0 fully saturated rings. The molecule has 0 amide bonds. The van der Waals surface area contributed by atoms with Gasteiger partial charge >= 0.3 is 0 Å². The lowest BCUT2D eigenvalue weighted by Gasteiger charge is -2.02. The van der Waals surface area contributed by atoms with Crippen molar-refractivity contribution in [2.75, 3.05) is 0 Å². The minimum absolute atomic E-state index is 1.05. The molecule has 0 saturated heterocycles. The predicted molar refractivity (Wildman–Crippen MR) is 106 cm³/mol. The molecular formula is C23H42. The van der Waals surface area contributed by atoms with E-state index in [0.29, 0.717) is 0 Å². The molecule has 0 aliphatic heterocycles. The molecule has 23 heavy (non-hydrogen) atoms. The van der Waals surface area contributed by atoms with Crippen LogP contribution >= 0.6 is 0 Å². The smallest absolute Gasteiger partial charge is 0.00886 e. The van der Waals surface area contributed by atoms with Crippen LogP contribution in [0.5, 0.6) is 0 Å². The first-order valence-electron chi connectivity index (χ1n) is 10.5. The van der Waals surface area contributed by atoms with E-state index >= 15 is 0 Å². The summed E-state index contributed by atoms with van der Waals surface area (Å²) in [5.41, 5.74) is 0. The summed E-state index contributed by atoms with van der Waals surface area (Å²) in [7, 11) is 0. The summed E-state index contributed by atoms with van der Waals surface area (Å²) in [6.07, 6.45) is 25.2. The van der Waals surface area contributed by atoms with Gasteiger partial charge in [0.25, 0.3) is 0 Å². The van der Waals surface area contributed by atoms with Gasteiger partial charge in [-0.05, 0) is 12.8 Å². The van der Waals surface area contributed by atoms with Gasteiger partial charge in [0.1, 0.15) is 0 Å². The number of unbranched alkanes of at least 4 members (excludes halogenated alkanes) is 17. The first-order chi connectivity index (χ1) is 11.4. The molecule has 0 heteroatoms. The second kappa shape index (κ2) is 21.6. The minimum atomic E-state index is 1.05. The summed E-state index contributed by atoms with van der Waals surface area (Å²) < 4.78 is 0. The van der Waals surface area contributed by atoms with Crippen LogP contribution < -0.4 is 0 Å². The van der Waals surface area contributed by atoms with E-state index in [1.54, 1.807) is 0 Å². The van der Waals surface area contributed by atoms with Gasteiger partial charge in [-0.15, -0.1) is 11.8 Å². The Morgan fingerprint density at radius 1 is 0.348 bits per heavy atom. The van der Waals surface area contributed by atoms with Gasteiger partial charge in [-0.2, -0.15) is 0 Å². The zero-order chi connectivity index (χ0) is 16.8. The molecule has 0 bridgehead atoms. The quantitative estimate of drug-likeness (QED) is 0.188. The van der Waals surface area contributed by atoms with Gasteiger partial charge in [0.05, 0.1) is 0 Å². The van der Waals surface area contributed by atoms with Gasteiger partial charge < -0.3 is 0 Å². The fraction of sp³-hybridized carbons (Fsp3) is 0.826. The Bertz CT molecular complexity index is 255. The molecule has 0 spiro atoms. The van der Waals surface area contributed by atoms with Crippen LogP contribution in [0, 0.1) is 25.7 Å². The van der Waals surface area contributed by atoms with Crippen molar-refractivity contribution in [1.29, 1.82) is 0 Å². The third-order valence-corrected chi connectivity index (χ3v) is 4.48. The average molecular weight is 319 g/mol. The zero-order valence-electron chi connectivity index (χ0n) is 15.8. The van der Waals surface area contributed by atoms with Crippen LogP contribution in [0.3, 0.4) is 0 Å². The molecule has 0 aromatic rings. The highest BCUT2D eigenvalue weighted by atomic mass is 14.0. The Balaban J connectivity index is 3.02. The molecule has 2 radical (unpaired) electrons. The van der Waals surface area contributed by atoms with Crippen molar-refractivity contribution in [1.82, 2.24) is 0 Å². The summed E-state index contributed by atoms with van der Waals surface area (Å²) in [5.74, 6) is 6.60. The molecular weight excluding hydrogens is 276 g/mol. The number of hydrogen-bond donors (Lipinski definition) is 0. The Labute approximate surface area is 148 Å². The highest BCUT2D eigenvalue weighted by Gasteiger charge is 1.93. The van der Waals surface area contributed by atoms with Crippen LogP contribution in [-0.2, 0) is 0 Å². The van der Waals surface area contributed by atoms with Crippen LogP contribution in [0.15, 0.2) is 0 Å². The van der Waals surface area contributed by atoms with E-state index in [2.05, 4.69) is 25.7 Å². The molecule has 0 nitrogen and oxygen atoms in total. The summed E-state index contributed by atoms with van der Waals surface area (Å²) in [6.45, 7) is 7.75. The maximum atomic E-state index is 3.89. The SMILES string of the molecule is [CH2]CCCCC#CCCCCCCCCCCCCCCC[CH2]. The maximum absolute atomic E-state index is 3.89. The molecule has 0 aromatic carbocycles. The Hall–Kier alpha value is -0.440. The lowest BCUT2D eigenvalue weighted by atomic mass is 10.0. The van der Waals surface area contributed by atoms with Crippen LogP contribution in [0.25, 0.3) is 0 Å². The first kappa shape index (κ1) is 22.6. The van der Waals surface area contributed by atoms with Crippen LogP contribution in [-0.4, -0.2) is 0 Å². The van der Waals surface area contributed by atoms with Gasteiger partial charge in [0.2, 0.25) is 0 Å². The van der Waals surface area contributed by atoms with Crippen molar-refractivity contribution in [3.05, 3.63) is 13.8 Å². The fourth-order valence-electron chi connectivity index (χ4n) is 2.90. The first-order valence-corrected chi connectivity index (χ1v) is 10.5. The second-order valence-corrected chi connectivity index (χ2v) is 6.86. The van der Waals surface area contributed by atoms with Crippen molar-refractivity contribution in [2.24, 2.45) is 0 Å². The molecule has 0 rings (SSSR count).